The van der Waals surface area contributed by atoms with Gasteiger partial charge in [-0.2, -0.15) is 0 Å². The molecule has 0 aliphatic carbocycles. The second kappa shape index (κ2) is 3.77. The number of aromatic amines is 1. The molecule has 3 nitrogen and oxygen atoms in total. The zero-order valence-corrected chi connectivity index (χ0v) is 8.95. The Morgan fingerprint density at radius 2 is 1.93 bits per heavy atom. The van der Waals surface area contributed by atoms with Crippen LogP contribution in [0.25, 0.3) is 5.69 Å². The first-order valence-corrected chi connectivity index (χ1v) is 5.10. The Morgan fingerprint density at radius 1 is 1.27 bits per heavy atom. The first-order valence-electron chi connectivity index (χ1n) is 5.10. The zero-order chi connectivity index (χ0) is 10.8. The van der Waals surface area contributed by atoms with Crippen LogP contribution in [0.4, 0.5) is 0 Å². The smallest absolute Gasteiger partial charge is 0.267 e. The number of nitrogens with zero attached hydrogens (tertiary/aromatic N) is 1. The zero-order valence-electron chi connectivity index (χ0n) is 8.95. The van der Waals surface area contributed by atoms with Gasteiger partial charge in [0.05, 0.1) is 5.69 Å². The molecular weight excluding hydrogens is 188 g/mol. The lowest BCUT2D eigenvalue weighted by atomic mass is 10.2. The summed E-state index contributed by atoms with van der Waals surface area (Å²) in [6.45, 7) is 3.96. The first kappa shape index (κ1) is 9.77. The third-order valence-electron chi connectivity index (χ3n) is 2.63. The van der Waals surface area contributed by atoms with Crippen LogP contribution in [0, 0.1) is 6.92 Å². The fourth-order valence-electron chi connectivity index (χ4n) is 1.80. The molecule has 1 aromatic heterocycles. The van der Waals surface area contributed by atoms with Crippen molar-refractivity contribution in [2.75, 3.05) is 0 Å². The summed E-state index contributed by atoms with van der Waals surface area (Å²) in [6, 6.07) is 9.82. The highest BCUT2D eigenvalue weighted by Crippen LogP contribution is 2.10. The van der Waals surface area contributed by atoms with Gasteiger partial charge >= 0.3 is 0 Å². The molecule has 0 saturated carbocycles. The Bertz CT molecular complexity index is 508. The molecule has 0 aliphatic rings. The highest BCUT2D eigenvalue weighted by Gasteiger charge is 2.09. The molecular formula is C12H14N2O. The molecule has 1 heterocycles. The summed E-state index contributed by atoms with van der Waals surface area (Å²) in [5.41, 5.74) is 2.86. The van der Waals surface area contributed by atoms with E-state index in [1.54, 1.807) is 0 Å². The first-order chi connectivity index (χ1) is 7.24. The van der Waals surface area contributed by atoms with Crippen LogP contribution < -0.4 is 5.56 Å². The summed E-state index contributed by atoms with van der Waals surface area (Å²) >= 11 is 0. The fourth-order valence-corrected chi connectivity index (χ4v) is 1.80. The number of hydrogen-bond acceptors (Lipinski definition) is 1. The topological polar surface area (TPSA) is 37.8 Å². The van der Waals surface area contributed by atoms with Gasteiger partial charge in [-0.15, -0.1) is 0 Å². The van der Waals surface area contributed by atoms with Crippen LogP contribution in [0.15, 0.2) is 35.1 Å². The summed E-state index contributed by atoms with van der Waals surface area (Å²) in [7, 11) is 0. The third kappa shape index (κ3) is 1.61. The van der Waals surface area contributed by atoms with Crippen LogP contribution in [-0.2, 0) is 6.42 Å². The molecule has 2 aromatic rings. The minimum absolute atomic E-state index is 0.0128. The number of H-pyrrole nitrogens is 1. The second-order valence-corrected chi connectivity index (χ2v) is 3.53. The van der Waals surface area contributed by atoms with Crippen LogP contribution in [0.1, 0.15) is 18.2 Å². The van der Waals surface area contributed by atoms with E-state index in [-0.39, 0.29) is 5.56 Å². The van der Waals surface area contributed by atoms with Gasteiger partial charge < -0.3 is 0 Å². The molecule has 0 spiro atoms. The van der Waals surface area contributed by atoms with Gasteiger partial charge in [-0.25, -0.2) is 0 Å². The van der Waals surface area contributed by atoms with E-state index in [1.807, 2.05) is 48.9 Å². The van der Waals surface area contributed by atoms with Gasteiger partial charge in [-0.3, -0.25) is 14.6 Å². The van der Waals surface area contributed by atoms with E-state index < -0.39 is 0 Å². The van der Waals surface area contributed by atoms with Crippen molar-refractivity contribution >= 4 is 0 Å². The highest BCUT2D eigenvalue weighted by molar-refractivity contribution is 5.34. The maximum Gasteiger partial charge on any atom is 0.267 e. The standard InChI is InChI=1S/C12H14N2O/c1-3-11-9(2)14(13-12(11)15)10-7-5-4-6-8-10/h4-8H,3H2,1-2H3,(H,13,15). The normalized spacial score (nSPS) is 10.5. The van der Waals surface area contributed by atoms with Crippen molar-refractivity contribution in [3.8, 4) is 5.69 Å². The van der Waals surface area contributed by atoms with Crippen molar-refractivity contribution in [1.29, 1.82) is 0 Å². The summed E-state index contributed by atoms with van der Waals surface area (Å²) < 4.78 is 1.83. The summed E-state index contributed by atoms with van der Waals surface area (Å²) in [4.78, 5) is 11.6. The Morgan fingerprint density at radius 3 is 2.47 bits per heavy atom. The average Bonchev–Trinajstić information content (AvgIpc) is 2.55. The molecule has 0 atom stereocenters. The van der Waals surface area contributed by atoms with E-state index in [2.05, 4.69) is 5.10 Å². The van der Waals surface area contributed by atoms with Gasteiger partial charge in [0.25, 0.3) is 5.56 Å². The lowest BCUT2D eigenvalue weighted by molar-refractivity contribution is 0.833. The molecule has 0 bridgehead atoms. The van der Waals surface area contributed by atoms with E-state index >= 15 is 0 Å². The lowest BCUT2D eigenvalue weighted by Crippen LogP contribution is -2.06. The van der Waals surface area contributed by atoms with Crippen LogP contribution in [0.2, 0.25) is 0 Å². The minimum Gasteiger partial charge on any atom is -0.268 e. The van der Waals surface area contributed by atoms with Crippen molar-refractivity contribution in [2.45, 2.75) is 20.3 Å². The molecule has 0 radical (unpaired) electrons. The minimum atomic E-state index is 0.0128. The number of nitrogens with one attached hydrogen (secondary N) is 1. The van der Waals surface area contributed by atoms with Crippen molar-refractivity contribution < 1.29 is 0 Å². The highest BCUT2D eigenvalue weighted by atomic mass is 16.1. The number of aromatic nitrogens is 2. The Hall–Kier alpha value is -1.77. The SMILES string of the molecule is CCc1c(C)n(-c2ccccc2)[nH]c1=O. The molecule has 15 heavy (non-hydrogen) atoms. The van der Waals surface area contributed by atoms with E-state index in [1.165, 1.54) is 0 Å². The Labute approximate surface area is 88.4 Å². The lowest BCUT2D eigenvalue weighted by Gasteiger charge is -2.04. The second-order valence-electron chi connectivity index (χ2n) is 3.53. The molecule has 0 fully saturated rings. The van der Waals surface area contributed by atoms with Gasteiger partial charge in [0, 0.05) is 11.3 Å². The summed E-state index contributed by atoms with van der Waals surface area (Å²) in [5, 5.41) is 2.84. The van der Waals surface area contributed by atoms with Crippen molar-refractivity contribution in [3.63, 3.8) is 0 Å². The summed E-state index contributed by atoms with van der Waals surface area (Å²) in [5.74, 6) is 0. The largest absolute Gasteiger partial charge is 0.268 e. The van der Waals surface area contributed by atoms with E-state index in [0.29, 0.717) is 0 Å². The van der Waals surface area contributed by atoms with Crippen molar-refractivity contribution in [1.82, 2.24) is 9.78 Å². The molecule has 0 unspecified atom stereocenters. The average molecular weight is 202 g/mol. The molecule has 0 amide bonds. The van der Waals surface area contributed by atoms with Gasteiger partial charge in [-0.05, 0) is 25.5 Å². The fraction of sp³-hybridized carbons (Fsp3) is 0.250. The van der Waals surface area contributed by atoms with Gasteiger partial charge in [0.1, 0.15) is 0 Å². The maximum absolute atomic E-state index is 11.6. The predicted octanol–water partition coefficient (Wildman–Crippen LogP) is 2.04. The van der Waals surface area contributed by atoms with Crippen LogP contribution >= 0.6 is 0 Å². The van der Waals surface area contributed by atoms with E-state index in [0.717, 1.165) is 23.4 Å². The number of rotatable bonds is 2. The van der Waals surface area contributed by atoms with E-state index in [4.69, 9.17) is 0 Å². The molecule has 0 saturated heterocycles. The molecule has 2 rings (SSSR count). The van der Waals surface area contributed by atoms with Crippen molar-refractivity contribution in [2.24, 2.45) is 0 Å². The van der Waals surface area contributed by atoms with Crippen LogP contribution in [-0.4, -0.2) is 9.78 Å². The quantitative estimate of drug-likeness (QED) is 0.795. The van der Waals surface area contributed by atoms with Gasteiger partial charge in [0.15, 0.2) is 0 Å². The molecule has 1 N–H and O–H groups in total. The maximum atomic E-state index is 11.6. The van der Waals surface area contributed by atoms with Crippen LogP contribution in [0.5, 0.6) is 0 Å². The summed E-state index contributed by atoms with van der Waals surface area (Å²) in [6.07, 6.45) is 0.765. The van der Waals surface area contributed by atoms with E-state index in [9.17, 15) is 4.79 Å². The molecule has 1 aromatic carbocycles. The van der Waals surface area contributed by atoms with Gasteiger partial charge in [0.2, 0.25) is 0 Å². The Kier molecular flexibility index (Phi) is 2.46. The molecule has 3 heteroatoms. The van der Waals surface area contributed by atoms with Crippen molar-refractivity contribution in [3.05, 3.63) is 51.9 Å². The predicted molar refractivity (Wildman–Crippen MR) is 60.5 cm³/mol. The number of benzene rings is 1. The third-order valence-corrected chi connectivity index (χ3v) is 2.63. The van der Waals surface area contributed by atoms with Crippen LogP contribution in [0.3, 0.4) is 0 Å². The number of para-hydroxylation sites is 1. The number of hydrogen-bond donors (Lipinski definition) is 1. The monoisotopic (exact) mass is 202 g/mol. The van der Waals surface area contributed by atoms with Gasteiger partial charge in [-0.1, -0.05) is 25.1 Å². The Balaban J connectivity index is 2.60. The molecule has 78 valence electrons. The molecule has 0 aliphatic heterocycles.